The second-order valence-electron chi connectivity index (χ2n) is 4.21. The quantitative estimate of drug-likeness (QED) is 0.802. The van der Waals surface area contributed by atoms with Crippen molar-refractivity contribution in [1.29, 1.82) is 0 Å². The van der Waals surface area contributed by atoms with Crippen molar-refractivity contribution in [3.8, 4) is 0 Å². The zero-order valence-corrected chi connectivity index (χ0v) is 12.7. The Morgan fingerprint density at radius 1 is 1.00 bits per heavy atom. The predicted molar refractivity (Wildman–Crippen MR) is 83.4 cm³/mol. The molecule has 100 valence electrons. The molecule has 0 saturated carbocycles. The van der Waals surface area contributed by atoms with Gasteiger partial charge in [0.15, 0.2) is 0 Å². The van der Waals surface area contributed by atoms with Crippen LogP contribution >= 0.6 is 34.8 Å². The molecule has 1 unspecified atom stereocenters. The summed E-state index contributed by atoms with van der Waals surface area (Å²) in [6, 6.07) is 13.2. The SMILES string of the molecule is CCNC(c1cccc(Cl)c1)c1cc(Cl)ccc1Cl. The highest BCUT2D eigenvalue weighted by molar-refractivity contribution is 6.33. The van der Waals surface area contributed by atoms with Gasteiger partial charge in [0.2, 0.25) is 0 Å². The van der Waals surface area contributed by atoms with Crippen LogP contribution in [0.3, 0.4) is 0 Å². The van der Waals surface area contributed by atoms with Crippen molar-refractivity contribution in [3.63, 3.8) is 0 Å². The van der Waals surface area contributed by atoms with E-state index in [2.05, 4.69) is 12.2 Å². The van der Waals surface area contributed by atoms with Crippen molar-refractivity contribution in [1.82, 2.24) is 5.32 Å². The largest absolute Gasteiger partial charge is 0.306 e. The molecule has 2 rings (SSSR count). The van der Waals surface area contributed by atoms with E-state index in [1.807, 2.05) is 36.4 Å². The van der Waals surface area contributed by atoms with Crippen LogP contribution in [-0.4, -0.2) is 6.54 Å². The molecule has 2 aromatic carbocycles. The van der Waals surface area contributed by atoms with E-state index in [1.165, 1.54) is 0 Å². The third-order valence-corrected chi connectivity index (χ3v) is 3.67. The first-order chi connectivity index (χ1) is 9.11. The zero-order valence-electron chi connectivity index (χ0n) is 10.5. The standard InChI is InChI=1S/C15H14Cl3N/c1-2-19-15(10-4-3-5-11(16)8-10)13-9-12(17)6-7-14(13)18/h3-9,15,19H,2H2,1H3. The molecule has 0 heterocycles. The molecule has 0 aliphatic rings. The third-order valence-electron chi connectivity index (χ3n) is 2.86. The van der Waals surface area contributed by atoms with E-state index < -0.39 is 0 Å². The molecular weight excluding hydrogens is 301 g/mol. The molecule has 0 spiro atoms. The molecule has 0 bridgehead atoms. The molecule has 1 atom stereocenters. The van der Waals surface area contributed by atoms with Crippen LogP contribution < -0.4 is 5.32 Å². The molecule has 0 aliphatic carbocycles. The fourth-order valence-electron chi connectivity index (χ4n) is 2.03. The summed E-state index contributed by atoms with van der Waals surface area (Å²) in [5, 5.41) is 5.48. The fraction of sp³-hybridized carbons (Fsp3) is 0.200. The van der Waals surface area contributed by atoms with Crippen molar-refractivity contribution in [2.24, 2.45) is 0 Å². The second-order valence-corrected chi connectivity index (χ2v) is 5.49. The summed E-state index contributed by atoms with van der Waals surface area (Å²) in [6.45, 7) is 2.87. The van der Waals surface area contributed by atoms with Crippen LogP contribution in [0, 0.1) is 0 Å². The van der Waals surface area contributed by atoms with Gasteiger partial charge in [-0.15, -0.1) is 0 Å². The Labute approximate surface area is 128 Å². The molecule has 1 nitrogen and oxygen atoms in total. The minimum absolute atomic E-state index is 0.0186. The van der Waals surface area contributed by atoms with Gasteiger partial charge >= 0.3 is 0 Å². The topological polar surface area (TPSA) is 12.0 Å². The van der Waals surface area contributed by atoms with Crippen LogP contribution in [0.2, 0.25) is 15.1 Å². The Kier molecular flexibility index (Phi) is 5.12. The summed E-state index contributed by atoms with van der Waals surface area (Å²) < 4.78 is 0. The number of halogens is 3. The van der Waals surface area contributed by atoms with E-state index in [1.54, 1.807) is 6.07 Å². The van der Waals surface area contributed by atoms with E-state index in [0.29, 0.717) is 15.1 Å². The minimum Gasteiger partial charge on any atom is -0.306 e. The molecule has 1 N–H and O–H groups in total. The molecule has 0 radical (unpaired) electrons. The van der Waals surface area contributed by atoms with Crippen molar-refractivity contribution in [2.45, 2.75) is 13.0 Å². The van der Waals surface area contributed by atoms with Crippen LogP contribution in [-0.2, 0) is 0 Å². The predicted octanol–water partition coefficient (Wildman–Crippen LogP) is 5.35. The molecule has 19 heavy (non-hydrogen) atoms. The van der Waals surface area contributed by atoms with Crippen molar-refractivity contribution >= 4 is 34.8 Å². The fourth-order valence-corrected chi connectivity index (χ4v) is 2.64. The Morgan fingerprint density at radius 3 is 2.42 bits per heavy atom. The highest BCUT2D eigenvalue weighted by Crippen LogP contribution is 2.31. The Hall–Kier alpha value is -0.730. The van der Waals surface area contributed by atoms with Crippen LogP contribution in [0.1, 0.15) is 24.1 Å². The van der Waals surface area contributed by atoms with Gasteiger partial charge in [0, 0.05) is 15.1 Å². The first-order valence-corrected chi connectivity index (χ1v) is 7.19. The summed E-state index contributed by atoms with van der Waals surface area (Å²) in [5.41, 5.74) is 2.02. The van der Waals surface area contributed by atoms with Crippen LogP contribution in [0.4, 0.5) is 0 Å². The monoisotopic (exact) mass is 313 g/mol. The van der Waals surface area contributed by atoms with Gasteiger partial charge in [0.25, 0.3) is 0 Å². The highest BCUT2D eigenvalue weighted by Gasteiger charge is 2.16. The summed E-state index contributed by atoms with van der Waals surface area (Å²) in [7, 11) is 0. The van der Waals surface area contributed by atoms with Gasteiger partial charge in [-0.25, -0.2) is 0 Å². The Balaban J connectivity index is 2.48. The average Bonchev–Trinajstić information content (AvgIpc) is 2.39. The van der Waals surface area contributed by atoms with E-state index in [0.717, 1.165) is 17.7 Å². The van der Waals surface area contributed by atoms with Crippen LogP contribution in [0.25, 0.3) is 0 Å². The minimum atomic E-state index is -0.0186. The van der Waals surface area contributed by atoms with Gasteiger partial charge in [-0.1, -0.05) is 53.9 Å². The van der Waals surface area contributed by atoms with Gasteiger partial charge in [-0.05, 0) is 48.0 Å². The molecule has 0 saturated heterocycles. The maximum atomic E-state index is 6.28. The summed E-state index contributed by atoms with van der Waals surface area (Å²) in [5.74, 6) is 0. The first-order valence-electron chi connectivity index (χ1n) is 6.05. The lowest BCUT2D eigenvalue weighted by molar-refractivity contribution is 0.631. The summed E-state index contributed by atoms with van der Waals surface area (Å²) in [4.78, 5) is 0. The van der Waals surface area contributed by atoms with Crippen molar-refractivity contribution in [2.75, 3.05) is 6.54 Å². The van der Waals surface area contributed by atoms with Crippen LogP contribution in [0.15, 0.2) is 42.5 Å². The van der Waals surface area contributed by atoms with Gasteiger partial charge in [0.05, 0.1) is 6.04 Å². The van der Waals surface area contributed by atoms with E-state index in [9.17, 15) is 0 Å². The lowest BCUT2D eigenvalue weighted by Crippen LogP contribution is -2.22. The molecule has 4 heteroatoms. The number of nitrogens with one attached hydrogen (secondary N) is 1. The van der Waals surface area contributed by atoms with Gasteiger partial charge in [-0.2, -0.15) is 0 Å². The normalized spacial score (nSPS) is 12.4. The molecule has 0 aromatic heterocycles. The van der Waals surface area contributed by atoms with Gasteiger partial charge < -0.3 is 5.32 Å². The maximum absolute atomic E-state index is 6.28. The lowest BCUT2D eigenvalue weighted by atomic mass is 9.98. The Morgan fingerprint density at radius 2 is 1.74 bits per heavy atom. The molecule has 0 fully saturated rings. The smallest absolute Gasteiger partial charge is 0.0592 e. The number of rotatable bonds is 4. The number of hydrogen-bond donors (Lipinski definition) is 1. The third kappa shape index (κ3) is 3.64. The lowest BCUT2D eigenvalue weighted by Gasteiger charge is -2.20. The highest BCUT2D eigenvalue weighted by atomic mass is 35.5. The van der Waals surface area contributed by atoms with Gasteiger partial charge in [-0.3, -0.25) is 0 Å². The second kappa shape index (κ2) is 6.62. The summed E-state index contributed by atoms with van der Waals surface area (Å²) in [6.07, 6.45) is 0. The Bertz CT molecular complexity index is 569. The molecule has 2 aromatic rings. The molecule has 0 amide bonds. The zero-order chi connectivity index (χ0) is 13.8. The summed E-state index contributed by atoms with van der Waals surface area (Å²) >= 11 is 18.4. The van der Waals surface area contributed by atoms with E-state index in [-0.39, 0.29) is 6.04 Å². The molecular formula is C15H14Cl3N. The molecule has 0 aliphatic heterocycles. The van der Waals surface area contributed by atoms with Gasteiger partial charge in [0.1, 0.15) is 0 Å². The van der Waals surface area contributed by atoms with E-state index >= 15 is 0 Å². The average molecular weight is 315 g/mol. The maximum Gasteiger partial charge on any atom is 0.0592 e. The number of hydrogen-bond acceptors (Lipinski definition) is 1. The first kappa shape index (κ1) is 14.7. The van der Waals surface area contributed by atoms with Crippen molar-refractivity contribution < 1.29 is 0 Å². The van der Waals surface area contributed by atoms with Crippen LogP contribution in [0.5, 0.6) is 0 Å². The number of benzene rings is 2. The van der Waals surface area contributed by atoms with Crippen molar-refractivity contribution in [3.05, 3.63) is 68.7 Å². The van der Waals surface area contributed by atoms with E-state index in [4.69, 9.17) is 34.8 Å².